The van der Waals surface area contributed by atoms with Crippen LogP contribution < -0.4 is 36.5 Å². The van der Waals surface area contributed by atoms with E-state index < -0.39 is 235 Å². The highest BCUT2D eigenvalue weighted by molar-refractivity contribution is 7.91. The molecule has 3 fully saturated rings. The zero-order valence-electron chi connectivity index (χ0n) is 69.0. The molecule has 0 unspecified atom stereocenters. The predicted octanol–water partition coefficient (Wildman–Crippen LogP) is 17.0. The van der Waals surface area contributed by atoms with Crippen LogP contribution in [0.4, 0.5) is 161 Å². The first-order valence-corrected chi connectivity index (χ1v) is 39.4. The molecule has 0 spiro atoms. The van der Waals surface area contributed by atoms with E-state index in [1.54, 1.807) is 4.83 Å². The van der Waals surface area contributed by atoms with Gasteiger partial charge in [0.1, 0.15) is 44.5 Å². The maximum absolute atomic E-state index is 13.5. The van der Waals surface area contributed by atoms with Crippen molar-refractivity contribution >= 4 is 136 Å². The van der Waals surface area contributed by atoms with E-state index in [4.69, 9.17) is 59.9 Å². The van der Waals surface area contributed by atoms with Crippen LogP contribution in [-0.2, 0) is 81.7 Å². The van der Waals surface area contributed by atoms with Gasteiger partial charge in [-0.3, -0.25) is 55.4 Å². The normalized spacial score (nSPS) is 13.6. The number of esters is 3. The van der Waals surface area contributed by atoms with Gasteiger partial charge in [-0.05, 0) is 54.6 Å². The number of carbonyl (C=O) groups is 4. The molecule has 0 radical (unpaired) electrons. The summed E-state index contributed by atoms with van der Waals surface area (Å²) in [5, 5.41) is 60.3. The highest BCUT2D eigenvalue weighted by Gasteiger charge is 2.45. The van der Waals surface area contributed by atoms with Crippen molar-refractivity contribution in [1.82, 2.24) is 9.66 Å². The summed E-state index contributed by atoms with van der Waals surface area (Å²) in [7, 11) is -0.959. The summed E-state index contributed by atoms with van der Waals surface area (Å²) in [6.07, 6.45) is -33.6. The first-order chi connectivity index (χ1) is 63.8. The molecule has 0 amide bonds. The number of nitrogens with one attached hydrogen (secondary N) is 2. The Labute approximate surface area is 770 Å². The molecule has 0 saturated carbocycles. The first kappa shape index (κ1) is 116. The smallest absolute Gasteiger partial charge is 0.419 e. The number of carboxylic acids is 1. The van der Waals surface area contributed by atoms with Crippen molar-refractivity contribution < 1.29 is 196 Å². The Morgan fingerprint density at radius 1 is 0.424 bits per heavy atom. The molecule has 0 aliphatic carbocycles. The largest absolute Gasteiger partial charge is 0.477 e. The van der Waals surface area contributed by atoms with Crippen molar-refractivity contribution in [3.8, 4) is 0 Å². The number of aromatic amines is 1. The molecular weight excluding hydrogens is 2060 g/mol. The third-order valence-corrected chi connectivity index (χ3v) is 19.3. The fourth-order valence-corrected chi connectivity index (χ4v) is 12.5. The van der Waals surface area contributed by atoms with Crippen molar-refractivity contribution in [2.24, 2.45) is 0 Å². The predicted molar refractivity (Wildman–Crippen MR) is 429 cm³/mol. The van der Waals surface area contributed by atoms with Crippen LogP contribution >= 0.6 is 34.8 Å². The zero-order chi connectivity index (χ0) is 106. The lowest BCUT2D eigenvalue weighted by atomic mass is 10.0. The molecule has 0 atom stereocenters. The summed E-state index contributed by atoms with van der Waals surface area (Å²) < 4.78 is 369. The van der Waals surface area contributed by atoms with E-state index in [0.717, 1.165) is 51.9 Å². The molecule has 5 N–H and O–H groups in total. The Bertz CT molecular complexity index is 6280. The number of benzene rings is 7. The lowest BCUT2D eigenvalue weighted by Gasteiger charge is -2.31. The Balaban J connectivity index is 0.000000289. The monoisotopic (exact) mass is 2110 g/mol. The van der Waals surface area contributed by atoms with Crippen LogP contribution in [0.2, 0.25) is 0 Å². The number of nitrogen functional groups attached to an aromatic ring is 1. The molecule has 760 valence electrons. The number of anilines is 4. The molecular formula is C73H56Cl3F25N12O25S. The number of aromatic carboxylic acids is 1. The molecule has 11 rings (SSSR count). The third kappa shape index (κ3) is 31.0. The van der Waals surface area contributed by atoms with Gasteiger partial charge in [0, 0.05) is 81.4 Å². The average molecular weight is 2110 g/mol. The van der Waals surface area contributed by atoms with E-state index in [9.17, 15) is 198 Å². The number of carboxylic acid groups (broad SMARTS) is 1. The van der Waals surface area contributed by atoms with Gasteiger partial charge in [-0.15, -0.1) is 0 Å². The van der Waals surface area contributed by atoms with Crippen LogP contribution in [0.1, 0.15) is 85.9 Å². The summed E-state index contributed by atoms with van der Waals surface area (Å²) in [6, 6.07) is 6.28. The first-order valence-electron chi connectivity index (χ1n) is 36.4. The molecule has 3 saturated heterocycles. The van der Waals surface area contributed by atoms with Crippen molar-refractivity contribution in [2.75, 3.05) is 132 Å². The average Bonchev–Trinajstić information content (AvgIpc) is 0.746. The Morgan fingerprint density at radius 2 is 0.719 bits per heavy atom. The van der Waals surface area contributed by atoms with Crippen LogP contribution in [0.25, 0.3) is 15.9 Å². The number of carbonyl (C=O) groups excluding carboxylic acids is 3. The zero-order valence-corrected chi connectivity index (χ0v) is 72.1. The number of ether oxygens (including phenoxy) is 6. The second-order valence-corrected chi connectivity index (χ2v) is 29.9. The lowest BCUT2D eigenvalue weighted by molar-refractivity contribution is -0.385. The van der Waals surface area contributed by atoms with Crippen LogP contribution in [0.3, 0.4) is 0 Å². The fourth-order valence-electron chi connectivity index (χ4n) is 11.6. The minimum Gasteiger partial charge on any atom is -0.477 e. The quantitative estimate of drug-likeness (QED) is 0.0185. The van der Waals surface area contributed by atoms with Gasteiger partial charge in [-0.1, -0.05) is 34.8 Å². The number of halogens is 28. The van der Waals surface area contributed by atoms with Gasteiger partial charge in [-0.25, -0.2) is 54.8 Å². The number of alkyl halides is 21. The number of nitro benzene ring substituents is 5. The van der Waals surface area contributed by atoms with E-state index in [2.05, 4.69) is 19.2 Å². The molecule has 3 aliphatic heterocycles. The number of H-pyrrole nitrogens is 1. The van der Waals surface area contributed by atoms with Gasteiger partial charge < -0.3 is 58.9 Å². The second kappa shape index (κ2) is 46.5. The van der Waals surface area contributed by atoms with E-state index in [-0.39, 0.29) is 139 Å². The topological polar surface area (TPSA) is 496 Å². The molecule has 66 heteroatoms. The van der Waals surface area contributed by atoms with Gasteiger partial charge in [-0.2, -0.15) is 96.9 Å². The van der Waals surface area contributed by atoms with Crippen LogP contribution in [0, 0.1) is 73.8 Å². The number of methoxy groups -OCH3 is 3. The molecule has 4 heterocycles. The molecule has 139 heavy (non-hydrogen) atoms. The number of nitro groups is 5. The van der Waals surface area contributed by atoms with E-state index in [1.807, 2.05) is 0 Å². The highest BCUT2D eigenvalue weighted by Crippen LogP contribution is 2.46. The molecule has 1 aromatic heterocycles. The minimum atomic E-state index is -5.13. The number of non-ortho nitro benzene ring substituents is 1. The number of nitrogens with zero attached hydrogens (tertiary/aromatic N) is 9. The maximum atomic E-state index is 13.5. The van der Waals surface area contributed by atoms with Crippen molar-refractivity contribution in [3.63, 3.8) is 0 Å². The molecule has 8 aromatic rings. The van der Waals surface area contributed by atoms with Crippen molar-refractivity contribution in [3.05, 3.63) is 257 Å². The number of morpholine rings is 3. The van der Waals surface area contributed by atoms with Crippen LogP contribution in [0.15, 0.2) is 105 Å². The number of aromatic nitrogens is 2. The van der Waals surface area contributed by atoms with Crippen molar-refractivity contribution in [1.29, 1.82) is 0 Å². The lowest BCUT2D eigenvalue weighted by Crippen LogP contribution is -2.43. The molecule has 7 aromatic carbocycles. The minimum absolute atomic E-state index is 0.0245. The summed E-state index contributed by atoms with van der Waals surface area (Å²) in [4.78, 5) is 124. The number of nitrogens with two attached hydrogens (primary N) is 1. The molecule has 0 bridgehead atoms. The number of rotatable bonds is 15. The fraction of sp³-hybridized carbons (Fsp3) is 0.315. The van der Waals surface area contributed by atoms with Gasteiger partial charge in [0.25, 0.3) is 34.0 Å². The maximum Gasteiger partial charge on any atom is 0.419 e. The SMILES string of the molecule is COC(=O)c1cc(F)c(C(F)(F)F)cc1[N+](=O)[O-].COC(=O)c1cc(N2CCOCC2)c(C(F)(F)F)cc1N.COC(=O)c1cc(N2CCOCC2)c(C(F)(F)F)cc1[N+](=O)[O-].CS(=O)(=O)Nn1c(=O)[nH]c2cc(C(F)(F)F)c(N3CCOCC3)cc2c1=O.O=C(O)c1cc(F)c(C(F)(F)F)cc1[N+](=O)[O-].O=[N+]([O-])c1cc(C(F)(F)F)c(F)cc1C(Cl)=C(Cl)Cl.O=[N+]([O-])c1ccc(F)c(C(F)(F)F)c1. The Morgan fingerprint density at radius 3 is 1.05 bits per heavy atom. The number of hydrogen-bond acceptors (Lipinski definition) is 28. The van der Waals surface area contributed by atoms with Gasteiger partial charge in [0.15, 0.2) is 0 Å². The number of sulfonamides is 1. The third-order valence-electron chi connectivity index (χ3n) is 17.8. The summed E-state index contributed by atoms with van der Waals surface area (Å²) in [6.45, 7) is 2.92. The van der Waals surface area contributed by atoms with E-state index in [1.165, 1.54) is 14.7 Å². The second-order valence-electron chi connectivity index (χ2n) is 26.8. The highest BCUT2D eigenvalue weighted by atomic mass is 35.5. The van der Waals surface area contributed by atoms with Gasteiger partial charge >= 0.3 is 72.8 Å². The summed E-state index contributed by atoms with van der Waals surface area (Å²) in [5.74, 6) is -11.9. The van der Waals surface area contributed by atoms with E-state index in [0.29, 0.717) is 50.6 Å². The summed E-state index contributed by atoms with van der Waals surface area (Å²) >= 11 is 16.0. The number of fused-ring (bicyclic) bond motifs is 1. The van der Waals surface area contributed by atoms with Crippen LogP contribution in [-0.4, -0.2) is 178 Å². The van der Waals surface area contributed by atoms with Gasteiger partial charge in [0.2, 0.25) is 10.0 Å². The molecule has 3 aliphatic rings. The van der Waals surface area contributed by atoms with Crippen LogP contribution in [0.5, 0.6) is 0 Å². The standard InChI is InChI=1S/C14H15F3N4O5S.C13H13F3N2O5.C13H15F3N2O3.C9H2Cl3F4NO2.C9H5F4NO4.C8H3F4NO4.C7H3F4NO2/c1-27(24,25)19-21-12(22)8-6-11(20-2-4-26-5-3-20)9(14(15,16)17)7-10(8)18-13(21)23;1-22-12(19)8-6-11(17-2-4-23-5-3-17)9(13(14,15)16)7-10(8)18(20)21;1-20-12(19)8-6-11(18-2-4-21-5-3-18)9(7-10(8)17)13(14,15)16;10-7(8(11)12)3-1-5(13)4(9(14,15)16)2-6(3)17(18)19;1-18-8(15)4-2-6(10)5(9(11,12)13)3-7(4)14(16)17;9-5-1-3(7(14)15)6(13(16)17)2-4(5)8(10,11)12;8-6-2-1-4(12(13)14)3-5(6)7(9,10)11/h6-7,19H,2-5H2,1H3,(H,18,23);6-7H,2-5H2,1H3;6-7H,2-5,17H2,1H3;1-2H;2-3H,1H3;1-2H,(H,14,15);1-3H. The summed E-state index contributed by atoms with van der Waals surface area (Å²) in [5.41, 5.74) is -16.7. The Kier molecular flexibility index (Phi) is 38.6. The van der Waals surface area contributed by atoms with Gasteiger partial charge in [0.05, 0.1) is 175 Å². The Hall–Kier alpha value is -14.0. The van der Waals surface area contributed by atoms with Crippen molar-refractivity contribution in [2.45, 2.75) is 43.2 Å². The van der Waals surface area contributed by atoms with E-state index >= 15 is 0 Å². The number of hydrogen-bond donors (Lipinski definition) is 4. The molecule has 37 nitrogen and oxygen atoms in total.